The maximum Gasteiger partial charge on any atom is 0.326 e. The lowest BCUT2D eigenvalue weighted by molar-refractivity contribution is -0.145. The van der Waals surface area contributed by atoms with Gasteiger partial charge >= 0.3 is 11.9 Å². The third-order valence-electron chi connectivity index (χ3n) is 13.2. The molecule has 1 unspecified atom stereocenters. The van der Waals surface area contributed by atoms with Crippen LogP contribution in [0.2, 0.25) is 0 Å². The smallest absolute Gasteiger partial charge is 0.326 e. The second-order valence-corrected chi connectivity index (χ2v) is 22.3. The number of aryl methyl sites for hydroxylation is 2. The predicted octanol–water partition coefficient (Wildman–Crippen LogP) is 7.26. The van der Waals surface area contributed by atoms with Gasteiger partial charge in [-0.1, -0.05) is 120 Å². The Morgan fingerprint density at radius 3 is 1.76 bits per heavy atom. The lowest BCUT2D eigenvalue weighted by Gasteiger charge is -2.16. The van der Waals surface area contributed by atoms with Crippen LogP contribution in [0.15, 0.2) is 24.3 Å². The number of ketones is 3. The lowest BCUT2D eigenvalue weighted by Crippen LogP contribution is -2.41. The molecule has 0 saturated heterocycles. The van der Waals surface area contributed by atoms with Gasteiger partial charge in [0.2, 0.25) is 33.7 Å². The van der Waals surface area contributed by atoms with Crippen LogP contribution in [-0.2, 0) is 70.7 Å². The number of aromatic amines is 1. The molecule has 1 heterocycles. The van der Waals surface area contributed by atoms with Crippen LogP contribution in [0.25, 0.3) is 0 Å². The number of nitrogens with zero attached hydrogens (tertiary/aromatic N) is 3. The second kappa shape index (κ2) is 47.5. The second-order valence-electron chi connectivity index (χ2n) is 20.5. The van der Waals surface area contributed by atoms with E-state index in [-0.39, 0.29) is 101 Å². The summed E-state index contributed by atoms with van der Waals surface area (Å²) < 4.78 is 37.0. The number of H-pyrrole nitrogens is 1. The summed E-state index contributed by atoms with van der Waals surface area (Å²) in [6.07, 6.45) is 18.6. The summed E-state index contributed by atoms with van der Waals surface area (Å²) in [5.41, 5.74) is 1.99. The van der Waals surface area contributed by atoms with Gasteiger partial charge in [-0.25, -0.2) is 13.2 Å². The molecule has 7 N–H and O–H groups in total. The minimum atomic E-state index is -3.88. The van der Waals surface area contributed by atoms with Gasteiger partial charge in [0.1, 0.15) is 24.2 Å². The zero-order chi connectivity index (χ0) is 60.6. The highest BCUT2D eigenvalue weighted by molar-refractivity contribution is 7.90. The number of amides is 4. The molecule has 1 aromatic heterocycles. The van der Waals surface area contributed by atoms with Crippen molar-refractivity contribution in [3.05, 3.63) is 41.2 Å². The summed E-state index contributed by atoms with van der Waals surface area (Å²) in [4.78, 5) is 108. The van der Waals surface area contributed by atoms with Crippen molar-refractivity contribution >= 4 is 62.9 Å². The number of carboxylic acids is 2. The van der Waals surface area contributed by atoms with Gasteiger partial charge in [-0.3, -0.25) is 43.1 Å². The highest BCUT2D eigenvalue weighted by Gasteiger charge is 2.25. The van der Waals surface area contributed by atoms with Crippen molar-refractivity contribution in [3.63, 3.8) is 0 Å². The number of hydrogen-bond acceptors (Lipinski definition) is 16. The molecule has 0 fully saturated rings. The van der Waals surface area contributed by atoms with Crippen LogP contribution in [0.4, 0.5) is 0 Å². The van der Waals surface area contributed by atoms with Crippen molar-refractivity contribution in [1.29, 1.82) is 0 Å². The molecular formula is C58H96N8O15S. The number of carboxylic acid groups (broad SMARTS) is 2. The molecule has 4 amide bonds. The number of hydrogen-bond donors (Lipinski definition) is 7. The number of nitrogens with one attached hydrogen (secondary N) is 5. The monoisotopic (exact) mass is 1180 g/mol. The molecule has 0 aliphatic carbocycles. The van der Waals surface area contributed by atoms with E-state index in [1.54, 1.807) is 0 Å². The maximum absolute atomic E-state index is 12.4. The molecule has 0 spiro atoms. The highest BCUT2D eigenvalue weighted by atomic mass is 32.2. The van der Waals surface area contributed by atoms with Crippen LogP contribution in [0.3, 0.4) is 0 Å². The van der Waals surface area contributed by atoms with Crippen LogP contribution in [0, 0.1) is 5.92 Å². The number of Topliss-reactive ketones (excluding diaryl/α,β-unsaturated/α-hetero) is 3. The Hall–Kier alpha value is -6.01. The van der Waals surface area contributed by atoms with E-state index in [0.717, 1.165) is 62.8 Å². The Kier molecular flexibility index (Phi) is 42.8. The Bertz CT molecular complexity index is 2250. The zero-order valence-corrected chi connectivity index (χ0v) is 49.9. The van der Waals surface area contributed by atoms with Gasteiger partial charge < -0.3 is 35.6 Å². The summed E-state index contributed by atoms with van der Waals surface area (Å²) >= 11 is 0. The number of carbonyl (C=O) groups excluding carboxylic acids is 7. The molecule has 0 bridgehead atoms. The summed E-state index contributed by atoms with van der Waals surface area (Å²) in [6, 6.07) is 6.51. The lowest BCUT2D eigenvalue weighted by atomic mass is 9.95. The summed E-state index contributed by atoms with van der Waals surface area (Å²) in [6.45, 7) is 8.03. The van der Waals surface area contributed by atoms with Crippen LogP contribution in [0.1, 0.15) is 222 Å². The van der Waals surface area contributed by atoms with Crippen molar-refractivity contribution < 1.29 is 71.3 Å². The van der Waals surface area contributed by atoms with E-state index in [9.17, 15) is 61.8 Å². The Morgan fingerprint density at radius 1 is 0.573 bits per heavy atom. The molecule has 2 aromatic rings. The molecule has 1 aromatic carbocycles. The van der Waals surface area contributed by atoms with Gasteiger partial charge in [0.15, 0.2) is 11.6 Å². The van der Waals surface area contributed by atoms with Crippen LogP contribution in [0.5, 0.6) is 0 Å². The van der Waals surface area contributed by atoms with E-state index >= 15 is 0 Å². The quantitative estimate of drug-likeness (QED) is 0.0253. The number of tetrazole rings is 1. The van der Waals surface area contributed by atoms with Gasteiger partial charge in [0.05, 0.1) is 24.9 Å². The number of carbonyl (C=O) groups is 9. The van der Waals surface area contributed by atoms with E-state index < -0.39 is 57.4 Å². The normalized spacial score (nSPS) is 11.8. The molecule has 2 atom stereocenters. The SMILES string of the molecule is CCCC(=O)CCC(NC(=O)CC[C@H](CC(=O)CCCNC(=O)CCCS(=O)(=O)NC(=O)CCCCCCCCCCCCCCCc1nn[nH]n1)C(=O)O)C(=O)O.CCCc1ccc(C(=O)CCCNC(=O)COCCOCC)cc1. The molecule has 464 valence electrons. The Morgan fingerprint density at radius 2 is 1.17 bits per heavy atom. The van der Waals surface area contributed by atoms with Crippen molar-refractivity contribution in [2.24, 2.45) is 5.92 Å². The van der Waals surface area contributed by atoms with E-state index in [2.05, 4.69) is 48.2 Å². The third-order valence-corrected chi connectivity index (χ3v) is 14.5. The first-order chi connectivity index (χ1) is 39.4. The van der Waals surface area contributed by atoms with Crippen molar-refractivity contribution in [2.75, 3.05) is 45.3 Å². The van der Waals surface area contributed by atoms with E-state index in [4.69, 9.17) is 9.47 Å². The number of rotatable bonds is 51. The number of benzene rings is 1. The van der Waals surface area contributed by atoms with Gasteiger partial charge in [0, 0.05) is 83.0 Å². The number of ether oxygens (including phenoxy) is 2. The first kappa shape index (κ1) is 74.0. The first-order valence-electron chi connectivity index (χ1n) is 29.7. The van der Waals surface area contributed by atoms with Crippen LogP contribution in [-0.4, -0.2) is 143 Å². The first-order valence-corrected chi connectivity index (χ1v) is 31.4. The summed E-state index contributed by atoms with van der Waals surface area (Å²) in [5, 5.41) is 40.5. The molecule has 2 rings (SSSR count). The Balaban J connectivity index is 0.00000116. The molecule has 0 aliphatic rings. The maximum atomic E-state index is 12.4. The number of aromatic nitrogens is 4. The molecule has 23 nitrogen and oxygen atoms in total. The van der Waals surface area contributed by atoms with Crippen LogP contribution >= 0.6 is 0 Å². The zero-order valence-electron chi connectivity index (χ0n) is 49.1. The Labute approximate surface area is 485 Å². The standard InChI is InChI=1S/C39H67N7O11S.C19H29NO4/c1-2-18-31(47)24-25-33(39(54)55)41-36(50)26-23-30(38(52)53)29-32(48)19-16-27-40-35(49)22-17-28-58(56,57)44-37(51)21-15-13-11-9-7-5-3-4-6-8-10-12-14-20-34-42-45-46-43-34;1-3-6-16-8-10-17(11-9-16)18(21)7-5-12-20-19(22)15-24-14-13-23-4-2/h30,33H,2-29H2,1H3,(H,40,49)(H,41,50)(H,44,51)(H,52,53)(H,54,55)(H,42,43,45,46);8-11H,3-7,12-15H2,1-2H3,(H,20,22)/t30-,33?;/m1./s1. The minimum absolute atomic E-state index is 0.00449. The minimum Gasteiger partial charge on any atom is -0.481 e. The van der Waals surface area contributed by atoms with Gasteiger partial charge in [0.25, 0.3) is 0 Å². The van der Waals surface area contributed by atoms with E-state index in [1.165, 1.54) is 50.5 Å². The van der Waals surface area contributed by atoms with Crippen molar-refractivity contribution in [1.82, 2.24) is 41.3 Å². The summed E-state index contributed by atoms with van der Waals surface area (Å²) in [5.74, 6) is -5.60. The molecule has 82 heavy (non-hydrogen) atoms. The fraction of sp³-hybridized carbons (Fsp3) is 0.724. The molecule has 24 heteroatoms. The van der Waals surface area contributed by atoms with E-state index in [1.807, 2.05) is 38.1 Å². The number of aliphatic carboxylic acids is 2. The van der Waals surface area contributed by atoms with Gasteiger partial charge in [-0.05, 0) is 70.3 Å². The van der Waals surface area contributed by atoms with E-state index in [0.29, 0.717) is 58.5 Å². The molecule has 0 saturated carbocycles. The predicted molar refractivity (Wildman–Crippen MR) is 309 cm³/mol. The largest absolute Gasteiger partial charge is 0.481 e. The fourth-order valence-electron chi connectivity index (χ4n) is 8.57. The topological polar surface area (TPSA) is 349 Å². The molecular weight excluding hydrogens is 1080 g/mol. The highest BCUT2D eigenvalue weighted by Crippen LogP contribution is 2.17. The third kappa shape index (κ3) is 41.1. The van der Waals surface area contributed by atoms with Crippen LogP contribution < -0.4 is 20.7 Å². The fourth-order valence-corrected chi connectivity index (χ4v) is 9.65. The molecule has 0 aliphatic heterocycles. The van der Waals surface area contributed by atoms with Crippen molar-refractivity contribution in [3.8, 4) is 0 Å². The van der Waals surface area contributed by atoms with Crippen molar-refractivity contribution in [2.45, 2.75) is 219 Å². The van der Waals surface area contributed by atoms with Gasteiger partial charge in [-0.15, -0.1) is 10.2 Å². The molecule has 0 radical (unpaired) electrons. The average molecular weight is 1180 g/mol. The van der Waals surface area contributed by atoms with Gasteiger partial charge in [-0.2, -0.15) is 5.21 Å². The average Bonchev–Trinajstić information content (AvgIpc) is 3.96. The summed E-state index contributed by atoms with van der Waals surface area (Å²) in [7, 11) is -3.88. The number of sulfonamides is 1. The number of unbranched alkanes of at least 4 members (excludes halogenated alkanes) is 12.